The van der Waals surface area contributed by atoms with Crippen LogP contribution in [0.4, 0.5) is 13.2 Å². The highest BCUT2D eigenvalue weighted by molar-refractivity contribution is 5.79. The zero-order valence-electron chi connectivity index (χ0n) is 17.8. The van der Waals surface area contributed by atoms with Crippen molar-refractivity contribution in [2.75, 3.05) is 13.2 Å². The third-order valence-electron chi connectivity index (χ3n) is 3.99. The molecule has 0 aliphatic rings. The first-order valence-electron chi connectivity index (χ1n) is 9.76. The minimum Gasteiger partial charge on any atom is -0.443 e. The van der Waals surface area contributed by atoms with Crippen LogP contribution in [-0.2, 0) is 29.8 Å². The van der Waals surface area contributed by atoms with Crippen LogP contribution in [-0.4, -0.2) is 30.3 Å². The molecule has 0 atom stereocenters. The minimum absolute atomic E-state index is 0.102. The molecule has 6 nitrogen and oxygen atoms in total. The molecule has 0 saturated heterocycles. The van der Waals surface area contributed by atoms with Crippen LogP contribution in [0.15, 0.2) is 39.9 Å². The number of guanidine groups is 1. The van der Waals surface area contributed by atoms with Crippen molar-refractivity contribution < 1.29 is 22.3 Å². The topological polar surface area (TPSA) is 71.7 Å². The molecule has 0 bridgehead atoms. The lowest BCUT2D eigenvalue weighted by Crippen LogP contribution is -2.36. The monoisotopic (exact) mass is 426 g/mol. The van der Waals surface area contributed by atoms with Crippen LogP contribution in [0.25, 0.3) is 0 Å². The molecule has 0 unspecified atom stereocenters. The highest BCUT2D eigenvalue weighted by Gasteiger charge is 2.27. The summed E-state index contributed by atoms with van der Waals surface area (Å²) in [6, 6.07) is 7.15. The molecule has 1 heterocycles. The van der Waals surface area contributed by atoms with E-state index in [2.05, 4.69) is 41.4 Å². The molecule has 2 aromatic rings. The summed E-state index contributed by atoms with van der Waals surface area (Å²) in [6.07, 6.45) is -2.60. The van der Waals surface area contributed by atoms with Gasteiger partial charge in [-0.1, -0.05) is 45.0 Å². The fourth-order valence-electron chi connectivity index (χ4n) is 2.51. The summed E-state index contributed by atoms with van der Waals surface area (Å²) in [5.74, 6) is 1.96. The van der Waals surface area contributed by atoms with Crippen molar-refractivity contribution in [3.05, 3.63) is 53.2 Å². The Hall–Kier alpha value is -2.55. The summed E-state index contributed by atoms with van der Waals surface area (Å²) in [6.45, 7) is 8.18. The lowest BCUT2D eigenvalue weighted by Gasteiger charge is -2.13. The van der Waals surface area contributed by atoms with Crippen molar-refractivity contribution in [1.82, 2.24) is 15.6 Å². The molecular formula is C21H29F3N4O2. The van der Waals surface area contributed by atoms with Gasteiger partial charge in [-0.15, -0.1) is 0 Å². The summed E-state index contributed by atoms with van der Waals surface area (Å²) < 4.78 is 47.1. The second kappa shape index (κ2) is 10.5. The van der Waals surface area contributed by atoms with E-state index in [0.717, 1.165) is 11.3 Å². The molecule has 9 heteroatoms. The number of hydrogen-bond donors (Lipinski definition) is 2. The SMILES string of the molecule is CCNC(=NCc1cccc(COCC(F)(F)F)c1)NCc1ncc(C(C)(C)C)o1. The Balaban J connectivity index is 1.94. The van der Waals surface area contributed by atoms with Gasteiger partial charge in [-0.05, 0) is 18.1 Å². The number of rotatable bonds is 8. The Morgan fingerprint density at radius 1 is 1.17 bits per heavy atom. The first-order chi connectivity index (χ1) is 14.1. The van der Waals surface area contributed by atoms with E-state index in [1.807, 2.05) is 13.0 Å². The molecule has 2 N–H and O–H groups in total. The second-order valence-electron chi connectivity index (χ2n) is 7.84. The first-order valence-corrected chi connectivity index (χ1v) is 9.76. The van der Waals surface area contributed by atoms with Crippen molar-refractivity contribution >= 4 is 5.96 Å². The van der Waals surface area contributed by atoms with Crippen molar-refractivity contribution in [1.29, 1.82) is 0 Å². The van der Waals surface area contributed by atoms with Crippen LogP contribution in [0.5, 0.6) is 0 Å². The quantitative estimate of drug-likeness (QED) is 0.486. The highest BCUT2D eigenvalue weighted by Crippen LogP contribution is 2.22. The average Bonchev–Trinajstić information content (AvgIpc) is 3.13. The zero-order valence-corrected chi connectivity index (χ0v) is 17.8. The van der Waals surface area contributed by atoms with Crippen LogP contribution in [0, 0.1) is 0 Å². The summed E-state index contributed by atoms with van der Waals surface area (Å²) >= 11 is 0. The molecule has 0 spiro atoms. The molecule has 0 amide bonds. The van der Waals surface area contributed by atoms with Gasteiger partial charge in [0, 0.05) is 12.0 Å². The molecule has 0 fully saturated rings. The van der Waals surface area contributed by atoms with Gasteiger partial charge in [0.25, 0.3) is 0 Å². The van der Waals surface area contributed by atoms with Gasteiger partial charge in [0.05, 0.1) is 25.9 Å². The van der Waals surface area contributed by atoms with Crippen LogP contribution in [0.1, 0.15) is 50.5 Å². The maximum absolute atomic E-state index is 12.2. The molecule has 0 radical (unpaired) electrons. The predicted molar refractivity (Wildman–Crippen MR) is 109 cm³/mol. The van der Waals surface area contributed by atoms with Gasteiger partial charge in [0.1, 0.15) is 12.4 Å². The summed E-state index contributed by atoms with van der Waals surface area (Å²) in [4.78, 5) is 8.80. The molecule has 1 aromatic heterocycles. The van der Waals surface area contributed by atoms with E-state index in [4.69, 9.17) is 9.15 Å². The third-order valence-corrected chi connectivity index (χ3v) is 3.99. The molecule has 0 saturated carbocycles. The van der Waals surface area contributed by atoms with E-state index in [0.29, 0.717) is 37.0 Å². The number of aromatic nitrogens is 1. The molecule has 166 valence electrons. The number of nitrogens with one attached hydrogen (secondary N) is 2. The van der Waals surface area contributed by atoms with E-state index in [-0.39, 0.29) is 12.0 Å². The molecule has 1 aromatic carbocycles. The average molecular weight is 426 g/mol. The lowest BCUT2D eigenvalue weighted by atomic mass is 9.94. The predicted octanol–water partition coefficient (Wildman–Crippen LogP) is 4.31. The van der Waals surface area contributed by atoms with Crippen molar-refractivity contribution in [2.45, 2.75) is 59.0 Å². The maximum Gasteiger partial charge on any atom is 0.411 e. The van der Waals surface area contributed by atoms with Crippen molar-refractivity contribution in [2.24, 2.45) is 4.99 Å². The molecule has 0 aliphatic carbocycles. The molecular weight excluding hydrogens is 397 g/mol. The standard InChI is InChI=1S/C21H29F3N4O2/c1-5-25-19(28-12-18-26-11-17(30-18)20(2,3)4)27-10-15-7-6-8-16(9-15)13-29-14-21(22,23)24/h6-9,11H,5,10,12-14H2,1-4H3,(H2,25,27,28). The van der Waals surface area contributed by atoms with Gasteiger partial charge < -0.3 is 19.8 Å². The van der Waals surface area contributed by atoms with E-state index < -0.39 is 12.8 Å². The van der Waals surface area contributed by atoms with E-state index >= 15 is 0 Å². The first kappa shape index (κ1) is 23.7. The van der Waals surface area contributed by atoms with E-state index in [1.165, 1.54) is 0 Å². The van der Waals surface area contributed by atoms with Crippen LogP contribution in [0.3, 0.4) is 0 Å². The number of alkyl halides is 3. The Labute approximate surface area is 174 Å². The number of oxazole rings is 1. The van der Waals surface area contributed by atoms with E-state index in [9.17, 15) is 13.2 Å². The van der Waals surface area contributed by atoms with Crippen molar-refractivity contribution in [3.8, 4) is 0 Å². The van der Waals surface area contributed by atoms with Gasteiger partial charge in [-0.3, -0.25) is 0 Å². The van der Waals surface area contributed by atoms with E-state index in [1.54, 1.807) is 24.4 Å². The zero-order chi connectivity index (χ0) is 22.2. The smallest absolute Gasteiger partial charge is 0.411 e. The van der Waals surface area contributed by atoms with Crippen LogP contribution >= 0.6 is 0 Å². The summed E-state index contributed by atoms with van der Waals surface area (Å²) in [7, 11) is 0. The number of halogens is 3. The molecule has 2 rings (SSSR count). The van der Waals surface area contributed by atoms with Gasteiger partial charge in [0.15, 0.2) is 5.96 Å². The second-order valence-corrected chi connectivity index (χ2v) is 7.84. The molecule has 30 heavy (non-hydrogen) atoms. The number of aliphatic imine (C=N–C) groups is 1. The summed E-state index contributed by atoms with van der Waals surface area (Å²) in [5, 5.41) is 6.32. The Morgan fingerprint density at radius 2 is 1.90 bits per heavy atom. The highest BCUT2D eigenvalue weighted by atomic mass is 19.4. The van der Waals surface area contributed by atoms with Gasteiger partial charge in [-0.25, -0.2) is 9.98 Å². The minimum atomic E-state index is -4.33. The largest absolute Gasteiger partial charge is 0.443 e. The summed E-state index contributed by atoms with van der Waals surface area (Å²) in [5.41, 5.74) is 1.42. The fourth-order valence-corrected chi connectivity index (χ4v) is 2.51. The number of benzene rings is 1. The molecule has 0 aliphatic heterocycles. The van der Waals surface area contributed by atoms with Crippen molar-refractivity contribution in [3.63, 3.8) is 0 Å². The maximum atomic E-state index is 12.2. The Kier molecular flexibility index (Phi) is 8.28. The van der Waals surface area contributed by atoms with Crippen LogP contribution < -0.4 is 10.6 Å². The number of hydrogen-bond acceptors (Lipinski definition) is 4. The van der Waals surface area contributed by atoms with Gasteiger partial charge in [-0.2, -0.15) is 13.2 Å². The number of ether oxygens (including phenoxy) is 1. The fraction of sp³-hybridized carbons (Fsp3) is 0.524. The number of nitrogens with zero attached hydrogens (tertiary/aromatic N) is 2. The van der Waals surface area contributed by atoms with Gasteiger partial charge in [0.2, 0.25) is 5.89 Å². The Bertz CT molecular complexity index is 826. The van der Waals surface area contributed by atoms with Crippen LogP contribution in [0.2, 0.25) is 0 Å². The van der Waals surface area contributed by atoms with Gasteiger partial charge >= 0.3 is 6.18 Å². The normalized spacial score (nSPS) is 12.8. The Morgan fingerprint density at radius 3 is 2.53 bits per heavy atom. The third kappa shape index (κ3) is 8.44. The lowest BCUT2D eigenvalue weighted by molar-refractivity contribution is -0.176.